The van der Waals surface area contributed by atoms with Crippen molar-refractivity contribution >= 4 is 17.2 Å². The largest absolute Gasteiger partial charge is 0.490 e. The molecule has 0 aliphatic carbocycles. The molecular formula is C23H24F3N5O2S. The summed E-state index contributed by atoms with van der Waals surface area (Å²) in [5.41, 5.74) is 1.49. The number of aromatic nitrogens is 3. The molecule has 7 nitrogen and oxygen atoms in total. The summed E-state index contributed by atoms with van der Waals surface area (Å²) in [7, 11) is 0. The van der Waals surface area contributed by atoms with Gasteiger partial charge in [0.15, 0.2) is 0 Å². The number of carbonyl (C=O) groups is 1. The van der Waals surface area contributed by atoms with Gasteiger partial charge < -0.3 is 15.4 Å². The number of rotatable bonds is 6. The third-order valence-corrected chi connectivity index (χ3v) is 6.36. The standard InChI is InChI=1S/C23H24F3N5O2S/c1-13-10-28-21(34-13)16-7-15(8-19(9-16)33-18-3-5-27-6-4-18)20(32)31-14(2)17-11-29-22(30-12-17)23(24,25)26/h7-12,14,18,27H,3-6H2,1-2H3,(H,31,32)/t14-/m1/s1. The summed E-state index contributed by atoms with van der Waals surface area (Å²) in [4.78, 5) is 25.3. The molecule has 1 fully saturated rings. The van der Waals surface area contributed by atoms with E-state index in [-0.39, 0.29) is 6.10 Å². The first-order chi connectivity index (χ1) is 16.2. The van der Waals surface area contributed by atoms with Crippen LogP contribution in [-0.4, -0.2) is 40.1 Å². The van der Waals surface area contributed by atoms with Crippen LogP contribution in [0.5, 0.6) is 5.75 Å². The summed E-state index contributed by atoms with van der Waals surface area (Å²) in [5.74, 6) is -1.04. The number of nitrogens with zero attached hydrogens (tertiary/aromatic N) is 3. The molecule has 1 aliphatic heterocycles. The number of nitrogens with one attached hydrogen (secondary N) is 2. The third kappa shape index (κ3) is 5.89. The SMILES string of the molecule is Cc1cnc(-c2cc(OC3CCNCC3)cc(C(=O)N[C@H](C)c3cnc(C(F)(F)F)nc3)c2)s1. The van der Waals surface area contributed by atoms with Crippen molar-refractivity contribution in [1.29, 1.82) is 0 Å². The number of thiazole rings is 1. The topological polar surface area (TPSA) is 89.0 Å². The zero-order chi connectivity index (χ0) is 24.3. The highest BCUT2D eigenvalue weighted by Gasteiger charge is 2.34. The van der Waals surface area contributed by atoms with Crippen LogP contribution < -0.4 is 15.4 Å². The number of piperidine rings is 1. The van der Waals surface area contributed by atoms with E-state index in [1.165, 1.54) is 11.3 Å². The van der Waals surface area contributed by atoms with Gasteiger partial charge in [0.25, 0.3) is 5.91 Å². The highest BCUT2D eigenvalue weighted by atomic mass is 32.1. The molecule has 1 aliphatic rings. The molecule has 34 heavy (non-hydrogen) atoms. The Labute approximate surface area is 198 Å². The predicted octanol–water partition coefficient (Wildman–Crippen LogP) is 4.55. The molecule has 2 aromatic heterocycles. The number of carbonyl (C=O) groups excluding carboxylic acids is 1. The van der Waals surface area contributed by atoms with Gasteiger partial charge in [0.1, 0.15) is 16.9 Å². The Bertz CT molecular complexity index is 1140. The Morgan fingerprint density at radius 2 is 1.85 bits per heavy atom. The van der Waals surface area contributed by atoms with Crippen molar-refractivity contribution in [2.45, 2.75) is 45.0 Å². The van der Waals surface area contributed by atoms with E-state index in [1.54, 1.807) is 25.3 Å². The van der Waals surface area contributed by atoms with Crippen LogP contribution in [-0.2, 0) is 6.18 Å². The maximum atomic E-state index is 13.1. The van der Waals surface area contributed by atoms with Gasteiger partial charge >= 0.3 is 6.18 Å². The van der Waals surface area contributed by atoms with Gasteiger partial charge in [-0.05, 0) is 58.0 Å². The van der Waals surface area contributed by atoms with Gasteiger partial charge in [-0.15, -0.1) is 11.3 Å². The van der Waals surface area contributed by atoms with E-state index in [2.05, 4.69) is 25.6 Å². The van der Waals surface area contributed by atoms with E-state index < -0.39 is 23.9 Å². The van der Waals surface area contributed by atoms with Crippen molar-refractivity contribution in [3.63, 3.8) is 0 Å². The van der Waals surface area contributed by atoms with E-state index in [4.69, 9.17) is 4.74 Å². The number of benzene rings is 1. The summed E-state index contributed by atoms with van der Waals surface area (Å²) in [6.07, 6.45) is 1.08. The third-order valence-electron chi connectivity index (χ3n) is 5.40. The van der Waals surface area contributed by atoms with Crippen molar-refractivity contribution in [2.75, 3.05) is 13.1 Å². The minimum absolute atomic E-state index is 0.0497. The molecule has 180 valence electrons. The first kappa shape index (κ1) is 24.1. The lowest BCUT2D eigenvalue weighted by Gasteiger charge is -2.24. The quantitative estimate of drug-likeness (QED) is 0.526. The summed E-state index contributed by atoms with van der Waals surface area (Å²) in [5, 5.41) is 6.87. The van der Waals surface area contributed by atoms with E-state index >= 15 is 0 Å². The fourth-order valence-electron chi connectivity index (χ4n) is 3.59. The number of ether oxygens (including phenoxy) is 1. The molecule has 0 saturated carbocycles. The van der Waals surface area contributed by atoms with Crippen molar-refractivity contribution in [1.82, 2.24) is 25.6 Å². The van der Waals surface area contributed by atoms with Crippen molar-refractivity contribution in [3.05, 3.63) is 58.6 Å². The molecule has 11 heteroatoms. The first-order valence-electron chi connectivity index (χ1n) is 10.8. The Kier molecular flexibility index (Phi) is 7.13. The summed E-state index contributed by atoms with van der Waals surface area (Å²) < 4.78 is 44.3. The average molecular weight is 492 g/mol. The molecule has 0 radical (unpaired) electrons. The van der Waals surface area contributed by atoms with Crippen LogP contribution in [0.1, 0.15) is 52.4 Å². The molecule has 1 saturated heterocycles. The van der Waals surface area contributed by atoms with Gasteiger partial charge in [-0.25, -0.2) is 15.0 Å². The number of amides is 1. The number of halogens is 3. The van der Waals surface area contributed by atoms with Gasteiger partial charge in [0.2, 0.25) is 5.82 Å². The van der Waals surface area contributed by atoms with Crippen molar-refractivity contribution in [2.24, 2.45) is 0 Å². The Morgan fingerprint density at radius 1 is 1.15 bits per heavy atom. The summed E-state index contributed by atoms with van der Waals surface area (Å²) in [6.45, 7) is 5.36. The van der Waals surface area contributed by atoms with Crippen LogP contribution in [0, 0.1) is 6.92 Å². The second-order valence-electron chi connectivity index (χ2n) is 8.12. The maximum Gasteiger partial charge on any atom is 0.451 e. The zero-order valence-corrected chi connectivity index (χ0v) is 19.5. The maximum absolute atomic E-state index is 13.1. The molecule has 1 aromatic carbocycles. The minimum Gasteiger partial charge on any atom is -0.490 e. The fraction of sp³-hybridized carbons (Fsp3) is 0.391. The summed E-state index contributed by atoms with van der Waals surface area (Å²) in [6, 6.07) is 4.69. The highest BCUT2D eigenvalue weighted by molar-refractivity contribution is 7.14. The predicted molar refractivity (Wildman–Crippen MR) is 122 cm³/mol. The molecule has 4 rings (SSSR count). The molecule has 3 aromatic rings. The van der Waals surface area contributed by atoms with Gasteiger partial charge in [-0.1, -0.05) is 0 Å². The average Bonchev–Trinajstić information content (AvgIpc) is 3.25. The summed E-state index contributed by atoms with van der Waals surface area (Å²) >= 11 is 1.51. The molecule has 2 N–H and O–H groups in total. The molecule has 0 unspecified atom stereocenters. The first-order valence-corrected chi connectivity index (χ1v) is 11.7. The Balaban J connectivity index is 1.56. The monoisotopic (exact) mass is 491 g/mol. The van der Waals surface area contributed by atoms with E-state index in [9.17, 15) is 18.0 Å². The van der Waals surface area contributed by atoms with Crippen LogP contribution in [0.4, 0.5) is 13.2 Å². The number of hydrogen-bond donors (Lipinski definition) is 2. The van der Waals surface area contributed by atoms with E-state index in [0.717, 1.165) is 53.8 Å². The molecule has 1 atom stereocenters. The van der Waals surface area contributed by atoms with Gasteiger partial charge in [0, 0.05) is 40.2 Å². The molecule has 3 heterocycles. The van der Waals surface area contributed by atoms with Gasteiger partial charge in [-0.2, -0.15) is 13.2 Å². The van der Waals surface area contributed by atoms with Crippen LogP contribution >= 0.6 is 11.3 Å². The van der Waals surface area contributed by atoms with E-state index in [1.807, 2.05) is 13.0 Å². The molecule has 0 spiro atoms. The second kappa shape index (κ2) is 10.1. The van der Waals surface area contributed by atoms with Gasteiger partial charge in [-0.3, -0.25) is 4.79 Å². The molecule has 1 amide bonds. The van der Waals surface area contributed by atoms with Crippen LogP contribution in [0.25, 0.3) is 10.6 Å². The lowest BCUT2D eigenvalue weighted by Crippen LogP contribution is -2.34. The molecule has 0 bridgehead atoms. The Morgan fingerprint density at radius 3 is 2.47 bits per heavy atom. The van der Waals surface area contributed by atoms with Crippen molar-refractivity contribution < 1.29 is 22.7 Å². The Hall–Kier alpha value is -3.05. The fourth-order valence-corrected chi connectivity index (χ4v) is 4.34. The number of alkyl halides is 3. The smallest absolute Gasteiger partial charge is 0.451 e. The van der Waals surface area contributed by atoms with Gasteiger partial charge in [0.05, 0.1) is 6.04 Å². The van der Waals surface area contributed by atoms with Crippen molar-refractivity contribution in [3.8, 4) is 16.3 Å². The second-order valence-corrected chi connectivity index (χ2v) is 9.36. The normalized spacial score (nSPS) is 15.7. The number of aryl methyl sites for hydroxylation is 1. The zero-order valence-electron chi connectivity index (χ0n) is 18.6. The lowest BCUT2D eigenvalue weighted by atomic mass is 10.1. The lowest BCUT2D eigenvalue weighted by molar-refractivity contribution is -0.145. The van der Waals surface area contributed by atoms with Crippen LogP contribution in [0.3, 0.4) is 0 Å². The molecular weight excluding hydrogens is 467 g/mol. The number of hydrogen-bond acceptors (Lipinski definition) is 7. The minimum atomic E-state index is -4.62. The highest BCUT2D eigenvalue weighted by Crippen LogP contribution is 2.31. The van der Waals surface area contributed by atoms with Crippen LogP contribution in [0.2, 0.25) is 0 Å². The van der Waals surface area contributed by atoms with E-state index in [0.29, 0.717) is 16.9 Å². The van der Waals surface area contributed by atoms with Crippen LogP contribution in [0.15, 0.2) is 36.8 Å².